The van der Waals surface area contributed by atoms with Crippen molar-refractivity contribution in [2.45, 2.75) is 39.8 Å². The zero-order valence-corrected chi connectivity index (χ0v) is 14.7. The van der Waals surface area contributed by atoms with Gasteiger partial charge in [0.15, 0.2) is 0 Å². The van der Waals surface area contributed by atoms with Crippen LogP contribution in [0.4, 0.5) is 0 Å². The van der Waals surface area contributed by atoms with Crippen LogP contribution in [0.15, 0.2) is 30.3 Å². The smallest absolute Gasteiger partial charge is 0.234 e. The number of hydrogen-bond donors (Lipinski definition) is 1. The Labute approximate surface area is 143 Å². The molecule has 0 unspecified atom stereocenters. The zero-order chi connectivity index (χ0) is 17.1. The molecule has 1 saturated heterocycles. The monoisotopic (exact) mass is 326 g/mol. The van der Waals surface area contributed by atoms with Crippen molar-refractivity contribution < 1.29 is 4.79 Å². The first kappa shape index (κ1) is 16.7. The van der Waals surface area contributed by atoms with Gasteiger partial charge in [0.2, 0.25) is 5.91 Å². The topological polar surface area (TPSA) is 50.2 Å². The van der Waals surface area contributed by atoms with Crippen LogP contribution in [-0.4, -0.2) is 40.2 Å². The SMILES string of the molecule is Cc1cc(C)n([C@H]2CCN(CC(=O)NCc3ccccc3C)C2)n1. The number of nitrogens with one attached hydrogen (secondary N) is 1. The lowest BCUT2D eigenvalue weighted by atomic mass is 10.1. The highest BCUT2D eigenvalue weighted by Crippen LogP contribution is 2.22. The summed E-state index contributed by atoms with van der Waals surface area (Å²) in [6.45, 7) is 9.08. The molecular weight excluding hydrogens is 300 g/mol. The van der Waals surface area contributed by atoms with E-state index in [-0.39, 0.29) is 5.91 Å². The first-order valence-electron chi connectivity index (χ1n) is 8.59. The average Bonchev–Trinajstić information content (AvgIpc) is 3.12. The maximum absolute atomic E-state index is 12.2. The first-order valence-corrected chi connectivity index (χ1v) is 8.59. The third-order valence-electron chi connectivity index (χ3n) is 4.74. The molecule has 0 saturated carbocycles. The number of benzene rings is 1. The Morgan fingerprint density at radius 3 is 2.79 bits per heavy atom. The minimum atomic E-state index is 0.0901. The van der Waals surface area contributed by atoms with Crippen LogP contribution >= 0.6 is 0 Å². The summed E-state index contributed by atoms with van der Waals surface area (Å²) in [6.07, 6.45) is 1.05. The number of likely N-dealkylation sites (tertiary alicyclic amines) is 1. The highest BCUT2D eigenvalue weighted by atomic mass is 16.2. The van der Waals surface area contributed by atoms with Crippen LogP contribution in [0.1, 0.15) is 35.0 Å². The van der Waals surface area contributed by atoms with Crippen LogP contribution in [0.5, 0.6) is 0 Å². The maximum Gasteiger partial charge on any atom is 0.234 e. The summed E-state index contributed by atoms with van der Waals surface area (Å²) in [7, 11) is 0. The number of carbonyl (C=O) groups excluding carboxylic acids is 1. The summed E-state index contributed by atoms with van der Waals surface area (Å²) in [5, 5.41) is 7.61. The fraction of sp³-hybridized carbons (Fsp3) is 0.474. The molecule has 3 rings (SSSR count). The van der Waals surface area contributed by atoms with Crippen LogP contribution in [0.25, 0.3) is 0 Å². The third-order valence-corrected chi connectivity index (χ3v) is 4.74. The van der Waals surface area contributed by atoms with Crippen molar-refractivity contribution >= 4 is 5.91 Å². The lowest BCUT2D eigenvalue weighted by Crippen LogP contribution is -2.36. The van der Waals surface area contributed by atoms with Gasteiger partial charge in [0.1, 0.15) is 0 Å². The van der Waals surface area contributed by atoms with Crippen molar-refractivity contribution in [3.8, 4) is 0 Å². The number of rotatable bonds is 5. The molecular formula is C19H26N4O. The molecule has 2 heterocycles. The average molecular weight is 326 g/mol. The molecule has 24 heavy (non-hydrogen) atoms. The van der Waals surface area contributed by atoms with Crippen LogP contribution < -0.4 is 5.32 Å². The highest BCUT2D eigenvalue weighted by molar-refractivity contribution is 5.78. The molecule has 2 aromatic rings. The number of aromatic nitrogens is 2. The van der Waals surface area contributed by atoms with Gasteiger partial charge in [0.05, 0.1) is 18.3 Å². The van der Waals surface area contributed by atoms with Crippen LogP contribution in [0.2, 0.25) is 0 Å². The Morgan fingerprint density at radius 1 is 1.29 bits per heavy atom. The summed E-state index contributed by atoms with van der Waals surface area (Å²) in [5.41, 5.74) is 4.64. The van der Waals surface area contributed by atoms with Gasteiger partial charge in [-0.15, -0.1) is 0 Å². The van der Waals surface area contributed by atoms with E-state index in [0.717, 1.165) is 25.2 Å². The van der Waals surface area contributed by atoms with Crippen molar-refractivity contribution in [3.63, 3.8) is 0 Å². The lowest BCUT2D eigenvalue weighted by molar-refractivity contribution is -0.122. The lowest BCUT2D eigenvalue weighted by Gasteiger charge is -2.17. The number of carbonyl (C=O) groups is 1. The van der Waals surface area contributed by atoms with Gasteiger partial charge < -0.3 is 5.32 Å². The number of hydrogen-bond acceptors (Lipinski definition) is 3. The fourth-order valence-corrected chi connectivity index (χ4v) is 3.43. The molecule has 1 amide bonds. The molecule has 0 bridgehead atoms. The third kappa shape index (κ3) is 3.85. The van der Waals surface area contributed by atoms with Gasteiger partial charge in [-0.2, -0.15) is 5.10 Å². The number of nitrogens with zero attached hydrogens (tertiary/aromatic N) is 3. The Kier molecular flexibility index (Phi) is 5.00. The molecule has 1 aromatic carbocycles. The van der Waals surface area contributed by atoms with Gasteiger partial charge in [0.25, 0.3) is 0 Å². The van der Waals surface area contributed by atoms with Crippen LogP contribution in [0.3, 0.4) is 0 Å². The zero-order valence-electron chi connectivity index (χ0n) is 14.7. The molecule has 1 aliphatic heterocycles. The first-order chi connectivity index (χ1) is 11.5. The summed E-state index contributed by atoms with van der Waals surface area (Å²) >= 11 is 0. The van der Waals surface area contributed by atoms with Gasteiger partial charge in [-0.3, -0.25) is 14.4 Å². The molecule has 0 radical (unpaired) electrons. The number of amides is 1. The minimum Gasteiger partial charge on any atom is -0.351 e. The Bertz CT molecular complexity index is 722. The summed E-state index contributed by atoms with van der Waals surface area (Å²) in [4.78, 5) is 14.4. The molecule has 0 aliphatic carbocycles. The van der Waals surface area contributed by atoms with Gasteiger partial charge in [-0.05, 0) is 44.4 Å². The molecule has 1 atom stereocenters. The summed E-state index contributed by atoms with van der Waals surface area (Å²) in [5.74, 6) is 0.0901. The van der Waals surface area contributed by atoms with E-state index in [4.69, 9.17) is 0 Å². The molecule has 128 valence electrons. The van der Waals surface area contributed by atoms with E-state index < -0.39 is 0 Å². The van der Waals surface area contributed by atoms with E-state index in [0.29, 0.717) is 19.1 Å². The van der Waals surface area contributed by atoms with E-state index in [9.17, 15) is 4.79 Å². The number of aryl methyl sites for hydroxylation is 3. The van der Waals surface area contributed by atoms with Gasteiger partial charge in [0, 0.05) is 25.3 Å². The van der Waals surface area contributed by atoms with Crippen molar-refractivity contribution in [3.05, 3.63) is 52.8 Å². The second-order valence-electron chi connectivity index (χ2n) is 6.75. The van der Waals surface area contributed by atoms with Crippen LogP contribution in [-0.2, 0) is 11.3 Å². The Morgan fingerprint density at radius 2 is 2.08 bits per heavy atom. The quantitative estimate of drug-likeness (QED) is 0.918. The van der Waals surface area contributed by atoms with Crippen LogP contribution in [0, 0.1) is 20.8 Å². The highest BCUT2D eigenvalue weighted by Gasteiger charge is 2.26. The molecule has 0 spiro atoms. The molecule has 5 heteroatoms. The van der Waals surface area contributed by atoms with Gasteiger partial charge in [-0.1, -0.05) is 24.3 Å². The van der Waals surface area contributed by atoms with E-state index in [1.54, 1.807) is 0 Å². The molecule has 1 aromatic heterocycles. The van der Waals surface area contributed by atoms with Crippen molar-refractivity contribution in [1.29, 1.82) is 0 Å². The largest absolute Gasteiger partial charge is 0.351 e. The molecule has 1 N–H and O–H groups in total. The van der Waals surface area contributed by atoms with Crippen molar-refractivity contribution in [2.24, 2.45) is 0 Å². The predicted octanol–water partition coefficient (Wildman–Crippen LogP) is 2.37. The minimum absolute atomic E-state index is 0.0901. The fourth-order valence-electron chi connectivity index (χ4n) is 3.43. The standard InChI is InChI=1S/C19H26N4O/c1-14-6-4-5-7-17(14)11-20-19(24)13-22-9-8-18(12-22)23-16(3)10-15(2)21-23/h4-7,10,18H,8-9,11-13H2,1-3H3,(H,20,24)/t18-/m0/s1. The van der Waals surface area contributed by atoms with E-state index in [1.807, 2.05) is 19.1 Å². The summed E-state index contributed by atoms with van der Waals surface area (Å²) in [6, 6.07) is 10.6. The molecule has 1 fully saturated rings. The maximum atomic E-state index is 12.2. The molecule has 1 aliphatic rings. The van der Waals surface area contributed by atoms with E-state index in [2.05, 4.69) is 52.0 Å². The van der Waals surface area contributed by atoms with Gasteiger partial charge in [-0.25, -0.2) is 0 Å². The normalized spacial score (nSPS) is 18.0. The van der Waals surface area contributed by atoms with E-state index >= 15 is 0 Å². The van der Waals surface area contributed by atoms with Crippen molar-refractivity contribution in [1.82, 2.24) is 20.0 Å². The second kappa shape index (κ2) is 7.18. The summed E-state index contributed by atoms with van der Waals surface area (Å²) < 4.78 is 2.11. The molecule has 5 nitrogen and oxygen atoms in total. The predicted molar refractivity (Wildman–Crippen MR) is 94.8 cm³/mol. The Balaban J connectivity index is 1.49. The van der Waals surface area contributed by atoms with E-state index in [1.165, 1.54) is 16.8 Å². The van der Waals surface area contributed by atoms with Gasteiger partial charge >= 0.3 is 0 Å². The van der Waals surface area contributed by atoms with Crippen molar-refractivity contribution in [2.75, 3.05) is 19.6 Å². The Hall–Kier alpha value is -2.14. The second-order valence-corrected chi connectivity index (χ2v) is 6.75.